The van der Waals surface area contributed by atoms with Crippen molar-refractivity contribution < 1.29 is 19.4 Å². The third kappa shape index (κ3) is 7.95. The monoisotopic (exact) mass is 447 g/mol. The maximum Gasteiger partial charge on any atom is 0.323 e. The van der Waals surface area contributed by atoms with Crippen LogP contribution in [-0.4, -0.2) is 42.3 Å². The molecule has 1 aromatic heterocycles. The molecule has 1 unspecified atom stereocenters. The first kappa shape index (κ1) is 24.8. The summed E-state index contributed by atoms with van der Waals surface area (Å²) in [6, 6.07) is 7.47. The van der Waals surface area contributed by atoms with Gasteiger partial charge < -0.3 is 15.2 Å². The van der Waals surface area contributed by atoms with E-state index in [2.05, 4.69) is 17.2 Å². The number of hydrogen-bond donors (Lipinski definition) is 2. The quantitative estimate of drug-likeness (QED) is 0.397. The summed E-state index contributed by atoms with van der Waals surface area (Å²) >= 11 is 1.44. The van der Waals surface area contributed by atoms with Gasteiger partial charge in [-0.3, -0.25) is 9.69 Å². The number of aromatic nitrogens is 1. The predicted molar refractivity (Wildman–Crippen MR) is 125 cm³/mol. The number of hydrogen-bond acceptors (Lipinski definition) is 5. The molecule has 0 radical (unpaired) electrons. The van der Waals surface area contributed by atoms with Crippen LogP contribution < -0.4 is 10.2 Å². The van der Waals surface area contributed by atoms with Gasteiger partial charge in [0.25, 0.3) is 0 Å². The van der Waals surface area contributed by atoms with E-state index in [9.17, 15) is 9.59 Å². The van der Waals surface area contributed by atoms with Crippen molar-refractivity contribution in [1.82, 2.24) is 10.3 Å². The number of amides is 2. The van der Waals surface area contributed by atoms with Crippen molar-refractivity contribution in [3.8, 4) is 10.4 Å². The van der Waals surface area contributed by atoms with E-state index in [1.54, 1.807) is 13.2 Å². The second-order valence-corrected chi connectivity index (χ2v) is 8.39. The molecule has 2 rings (SSSR count). The molecule has 2 N–H and O–H groups in total. The van der Waals surface area contributed by atoms with Crippen molar-refractivity contribution in [2.75, 3.05) is 25.1 Å². The number of carbonyl (C=O) groups excluding carboxylic acids is 1. The Morgan fingerprint density at radius 1 is 1.16 bits per heavy atom. The van der Waals surface area contributed by atoms with Gasteiger partial charge in [-0.1, -0.05) is 68.2 Å². The fraction of sp³-hybridized carbons (Fsp3) is 0.522. The third-order valence-electron chi connectivity index (χ3n) is 4.94. The average Bonchev–Trinajstić information content (AvgIpc) is 3.25. The molecular weight excluding hydrogens is 414 g/mol. The number of aliphatic carboxylic acids is 1. The number of anilines is 1. The van der Waals surface area contributed by atoms with Gasteiger partial charge in [0.15, 0.2) is 5.13 Å². The highest BCUT2D eigenvalue weighted by Crippen LogP contribution is 2.32. The van der Waals surface area contributed by atoms with Crippen LogP contribution in [0.2, 0.25) is 0 Å². The number of carboxylic acid groups (broad SMARTS) is 1. The number of urea groups is 1. The Hall–Kier alpha value is -2.45. The number of rotatable bonds is 13. The molecule has 0 fully saturated rings. The van der Waals surface area contributed by atoms with Crippen LogP contribution in [0.15, 0.2) is 30.5 Å². The summed E-state index contributed by atoms with van der Waals surface area (Å²) in [6.45, 7) is 5.15. The molecule has 31 heavy (non-hydrogen) atoms. The summed E-state index contributed by atoms with van der Waals surface area (Å²) in [6.07, 6.45) is 6.98. The lowest BCUT2D eigenvalue weighted by Crippen LogP contribution is -2.37. The van der Waals surface area contributed by atoms with Crippen LogP contribution in [0.1, 0.15) is 64.0 Å². The van der Waals surface area contributed by atoms with Gasteiger partial charge in [-0.2, -0.15) is 0 Å². The van der Waals surface area contributed by atoms with Gasteiger partial charge in [0, 0.05) is 26.4 Å². The van der Waals surface area contributed by atoms with Gasteiger partial charge in [0.2, 0.25) is 0 Å². The minimum Gasteiger partial charge on any atom is -0.481 e. The molecule has 0 aliphatic carbocycles. The van der Waals surface area contributed by atoms with Crippen molar-refractivity contribution in [3.63, 3.8) is 0 Å². The minimum atomic E-state index is -0.892. The molecule has 1 heterocycles. The highest BCUT2D eigenvalue weighted by Gasteiger charge is 2.17. The van der Waals surface area contributed by atoms with Crippen LogP contribution in [0.25, 0.3) is 10.4 Å². The lowest BCUT2D eigenvalue weighted by molar-refractivity contribution is -0.140. The molecule has 0 aliphatic rings. The fourth-order valence-electron chi connectivity index (χ4n) is 3.18. The number of ether oxygens (including phenoxy) is 1. The van der Waals surface area contributed by atoms with Gasteiger partial charge in [-0.25, -0.2) is 9.78 Å². The van der Waals surface area contributed by atoms with Gasteiger partial charge >= 0.3 is 12.0 Å². The maximum absolute atomic E-state index is 12.4. The molecule has 0 aliphatic heterocycles. The Kier molecular flexibility index (Phi) is 10.5. The minimum absolute atomic E-state index is 0.0730. The molecular formula is C23H33N3O4S. The number of benzene rings is 1. The Morgan fingerprint density at radius 3 is 2.52 bits per heavy atom. The summed E-state index contributed by atoms with van der Waals surface area (Å²) in [4.78, 5) is 30.3. The number of carboxylic acids is 1. The second-order valence-electron chi connectivity index (χ2n) is 7.38. The molecule has 2 amide bonds. The molecule has 1 aromatic carbocycles. The second kappa shape index (κ2) is 13.1. The first-order valence-corrected chi connectivity index (χ1v) is 11.7. The zero-order chi connectivity index (χ0) is 22.6. The fourth-order valence-corrected chi connectivity index (χ4v) is 4.06. The smallest absolute Gasteiger partial charge is 0.323 e. The van der Waals surface area contributed by atoms with Crippen LogP contribution in [0.5, 0.6) is 0 Å². The molecule has 1 atom stereocenters. The summed E-state index contributed by atoms with van der Waals surface area (Å²) in [5.74, 6) is -0.892. The molecule has 0 saturated carbocycles. The molecule has 170 valence electrons. The summed E-state index contributed by atoms with van der Waals surface area (Å²) < 4.78 is 5.56. The van der Waals surface area contributed by atoms with Crippen molar-refractivity contribution in [1.29, 1.82) is 0 Å². The van der Waals surface area contributed by atoms with E-state index in [0.29, 0.717) is 18.3 Å². The highest BCUT2D eigenvalue weighted by atomic mass is 32.1. The van der Waals surface area contributed by atoms with Crippen LogP contribution in [0, 0.1) is 0 Å². The number of nitrogens with zero attached hydrogens (tertiary/aromatic N) is 2. The molecule has 0 bridgehead atoms. The third-order valence-corrected chi connectivity index (χ3v) is 6.06. The molecule has 7 nitrogen and oxygen atoms in total. The van der Waals surface area contributed by atoms with Crippen LogP contribution >= 0.6 is 11.3 Å². The van der Waals surface area contributed by atoms with E-state index < -0.39 is 12.1 Å². The first-order chi connectivity index (χ1) is 15.0. The van der Waals surface area contributed by atoms with Crippen molar-refractivity contribution in [2.24, 2.45) is 0 Å². The van der Waals surface area contributed by atoms with E-state index in [-0.39, 0.29) is 12.5 Å². The van der Waals surface area contributed by atoms with Crippen molar-refractivity contribution >= 4 is 28.5 Å². The Morgan fingerprint density at radius 2 is 1.87 bits per heavy atom. The molecule has 2 aromatic rings. The zero-order valence-electron chi connectivity index (χ0n) is 18.6. The average molecular weight is 448 g/mol. The Bertz CT molecular complexity index is 822. The van der Waals surface area contributed by atoms with Crippen molar-refractivity contribution in [3.05, 3.63) is 36.0 Å². The molecule has 8 heteroatoms. The largest absolute Gasteiger partial charge is 0.481 e. The SMILES string of the molecule is CCCCCCCNC(=O)N(C)c1ncc(-c2ccc(C(CC(=O)O)OCC)cc2)s1. The standard InChI is InChI=1S/C23H33N3O4S/c1-4-6-7-8-9-14-24-22(29)26(3)23-25-16-20(31-23)18-12-10-17(11-13-18)19(30-5-2)15-21(27)28/h10-13,16,19H,4-9,14-15H2,1-3H3,(H,24,29)(H,27,28). The van der Waals surface area contributed by atoms with Gasteiger partial charge in [-0.15, -0.1) is 0 Å². The lowest BCUT2D eigenvalue weighted by atomic mass is 10.0. The highest BCUT2D eigenvalue weighted by molar-refractivity contribution is 7.19. The van der Waals surface area contributed by atoms with E-state index >= 15 is 0 Å². The van der Waals surface area contributed by atoms with Gasteiger partial charge in [0.1, 0.15) is 0 Å². The lowest BCUT2D eigenvalue weighted by Gasteiger charge is -2.15. The number of carbonyl (C=O) groups is 2. The predicted octanol–water partition coefficient (Wildman–Crippen LogP) is 5.48. The van der Waals surface area contributed by atoms with Gasteiger partial charge in [0.05, 0.1) is 17.4 Å². The van der Waals surface area contributed by atoms with Crippen LogP contribution in [0.4, 0.5) is 9.93 Å². The Balaban J connectivity index is 1.95. The maximum atomic E-state index is 12.4. The van der Waals surface area contributed by atoms with Crippen LogP contribution in [0.3, 0.4) is 0 Å². The summed E-state index contributed by atoms with van der Waals surface area (Å²) in [5.41, 5.74) is 1.79. The summed E-state index contributed by atoms with van der Waals surface area (Å²) in [7, 11) is 1.72. The van der Waals surface area contributed by atoms with E-state index in [1.807, 2.05) is 31.2 Å². The van der Waals surface area contributed by atoms with Crippen LogP contribution in [-0.2, 0) is 9.53 Å². The zero-order valence-corrected chi connectivity index (χ0v) is 19.4. The van der Waals surface area contributed by atoms with Crippen molar-refractivity contribution in [2.45, 2.75) is 58.5 Å². The number of nitrogens with one attached hydrogen (secondary N) is 1. The number of thiazole rings is 1. The topological polar surface area (TPSA) is 91.8 Å². The number of unbranched alkanes of at least 4 members (excludes halogenated alkanes) is 4. The van der Waals surface area contributed by atoms with E-state index in [1.165, 1.54) is 35.5 Å². The first-order valence-electron chi connectivity index (χ1n) is 10.9. The molecule has 0 saturated heterocycles. The van der Waals surface area contributed by atoms with E-state index in [4.69, 9.17) is 9.84 Å². The van der Waals surface area contributed by atoms with Gasteiger partial charge in [-0.05, 0) is 24.5 Å². The normalized spacial score (nSPS) is 11.8. The van der Waals surface area contributed by atoms with E-state index in [0.717, 1.165) is 28.8 Å². The Labute approximate surface area is 188 Å². The molecule has 0 spiro atoms. The summed E-state index contributed by atoms with van der Waals surface area (Å²) in [5, 5.41) is 12.7.